The number of hydrogen-bond donors (Lipinski definition) is 1. The lowest BCUT2D eigenvalue weighted by atomic mass is 10.1. The second-order valence-corrected chi connectivity index (χ2v) is 3.17. The molecule has 0 bridgehead atoms. The first-order valence-electron chi connectivity index (χ1n) is 4.23. The normalized spacial score (nSPS) is 8.75. The van der Waals surface area contributed by atoms with Crippen LogP contribution in [0.5, 0.6) is 0 Å². The lowest BCUT2D eigenvalue weighted by molar-refractivity contribution is 1.02. The highest BCUT2D eigenvalue weighted by Crippen LogP contribution is 2.06. The van der Waals surface area contributed by atoms with Crippen LogP contribution in [0.2, 0.25) is 0 Å². The van der Waals surface area contributed by atoms with Crippen LogP contribution in [0.25, 0.3) is 0 Å². The minimum atomic E-state index is 1.35. The molecule has 1 aromatic rings. The topological polar surface area (TPSA) is 12.0 Å². The van der Waals surface area contributed by atoms with Crippen LogP contribution in [-0.2, 0) is 0 Å². The van der Waals surface area contributed by atoms with Gasteiger partial charge >= 0.3 is 0 Å². The summed E-state index contributed by atoms with van der Waals surface area (Å²) >= 11 is 0. The maximum Gasteiger partial charge on any atom is -0.0167 e. The Morgan fingerprint density at radius 3 is 1.08 bits per heavy atom. The van der Waals surface area contributed by atoms with Gasteiger partial charge in [-0.3, -0.25) is 0 Å². The van der Waals surface area contributed by atoms with Crippen molar-refractivity contribution in [2.24, 2.45) is 0 Å². The molecule has 68 valence electrons. The van der Waals surface area contributed by atoms with Crippen LogP contribution >= 0.6 is 0 Å². The average Bonchev–Trinajstić information content (AvgIpc) is 1.84. The van der Waals surface area contributed by atoms with E-state index in [1.165, 1.54) is 16.7 Å². The second-order valence-electron chi connectivity index (χ2n) is 3.17. The van der Waals surface area contributed by atoms with Gasteiger partial charge in [0.25, 0.3) is 0 Å². The van der Waals surface area contributed by atoms with E-state index in [1.54, 1.807) is 0 Å². The Bertz CT molecular complexity index is 178. The van der Waals surface area contributed by atoms with E-state index in [1.807, 2.05) is 14.1 Å². The van der Waals surface area contributed by atoms with Crippen molar-refractivity contribution in [3.63, 3.8) is 0 Å². The Kier molecular flexibility index (Phi) is 5.39. The molecule has 0 radical (unpaired) electrons. The van der Waals surface area contributed by atoms with Gasteiger partial charge in [0.2, 0.25) is 0 Å². The fourth-order valence-corrected chi connectivity index (χ4v) is 1.20. The van der Waals surface area contributed by atoms with E-state index in [2.05, 4.69) is 44.3 Å². The van der Waals surface area contributed by atoms with Crippen molar-refractivity contribution in [2.75, 3.05) is 14.1 Å². The average molecular weight is 165 g/mol. The van der Waals surface area contributed by atoms with Crippen molar-refractivity contribution in [3.8, 4) is 0 Å². The van der Waals surface area contributed by atoms with Crippen LogP contribution in [-0.4, -0.2) is 14.1 Å². The molecule has 0 aliphatic heterocycles. The summed E-state index contributed by atoms with van der Waals surface area (Å²) in [6.45, 7) is 6.38. The van der Waals surface area contributed by atoms with Gasteiger partial charge in [0.15, 0.2) is 0 Å². The summed E-state index contributed by atoms with van der Waals surface area (Å²) in [4.78, 5) is 0. The molecule has 0 aromatic heterocycles. The first kappa shape index (κ1) is 11.2. The van der Waals surface area contributed by atoms with Gasteiger partial charge in [-0.15, -0.1) is 0 Å². The van der Waals surface area contributed by atoms with Crippen LogP contribution in [0.4, 0.5) is 0 Å². The summed E-state index contributed by atoms with van der Waals surface area (Å²) in [5.41, 5.74) is 4.06. The number of aryl methyl sites for hydroxylation is 3. The molecule has 0 atom stereocenters. The first-order chi connectivity index (χ1) is 5.60. The fourth-order valence-electron chi connectivity index (χ4n) is 1.20. The predicted molar refractivity (Wildman–Crippen MR) is 55.6 cm³/mol. The third-order valence-corrected chi connectivity index (χ3v) is 1.37. The van der Waals surface area contributed by atoms with E-state index in [0.29, 0.717) is 0 Å². The SMILES string of the molecule is CNC.Cc1cc(C)cc(C)c1. The van der Waals surface area contributed by atoms with Crippen molar-refractivity contribution in [3.05, 3.63) is 34.9 Å². The largest absolute Gasteiger partial charge is 0.323 e. The van der Waals surface area contributed by atoms with Crippen LogP contribution in [0.3, 0.4) is 0 Å². The summed E-state index contributed by atoms with van der Waals surface area (Å²) < 4.78 is 0. The van der Waals surface area contributed by atoms with Crippen LogP contribution < -0.4 is 5.32 Å². The van der Waals surface area contributed by atoms with Crippen molar-refractivity contribution < 1.29 is 0 Å². The third kappa shape index (κ3) is 4.91. The van der Waals surface area contributed by atoms with Gasteiger partial charge in [0.1, 0.15) is 0 Å². The smallest absolute Gasteiger partial charge is 0.0167 e. The van der Waals surface area contributed by atoms with Gasteiger partial charge < -0.3 is 5.32 Å². The molecule has 0 fully saturated rings. The molecule has 1 N–H and O–H groups in total. The van der Waals surface area contributed by atoms with Crippen molar-refractivity contribution in [1.29, 1.82) is 0 Å². The summed E-state index contributed by atoms with van der Waals surface area (Å²) in [7, 11) is 3.75. The molecule has 1 rings (SSSR count). The second kappa shape index (κ2) is 5.78. The quantitative estimate of drug-likeness (QED) is 0.622. The fraction of sp³-hybridized carbons (Fsp3) is 0.455. The van der Waals surface area contributed by atoms with Gasteiger partial charge in [-0.05, 0) is 34.9 Å². The van der Waals surface area contributed by atoms with Crippen molar-refractivity contribution in [2.45, 2.75) is 20.8 Å². The number of nitrogens with one attached hydrogen (secondary N) is 1. The molecule has 1 nitrogen and oxygen atoms in total. The van der Waals surface area contributed by atoms with Gasteiger partial charge in [0.05, 0.1) is 0 Å². The monoisotopic (exact) mass is 165 g/mol. The highest BCUT2D eigenvalue weighted by molar-refractivity contribution is 5.27. The standard InChI is InChI=1S/C9H12.C2H7N/c1-7-4-8(2)6-9(3)5-7;1-3-2/h4-6H,1-3H3;3H,1-2H3. The zero-order valence-electron chi connectivity index (χ0n) is 8.73. The molecule has 0 aliphatic rings. The van der Waals surface area contributed by atoms with Gasteiger partial charge in [0, 0.05) is 0 Å². The number of hydrogen-bond acceptors (Lipinski definition) is 1. The Labute approximate surface area is 75.8 Å². The van der Waals surface area contributed by atoms with Crippen LogP contribution in [0.1, 0.15) is 16.7 Å². The molecule has 12 heavy (non-hydrogen) atoms. The highest BCUT2D eigenvalue weighted by Gasteiger charge is 1.87. The van der Waals surface area contributed by atoms with Gasteiger partial charge in [-0.1, -0.05) is 34.9 Å². The van der Waals surface area contributed by atoms with E-state index in [0.717, 1.165) is 0 Å². The molecule has 1 aromatic carbocycles. The van der Waals surface area contributed by atoms with Crippen molar-refractivity contribution in [1.82, 2.24) is 5.32 Å². The molecule has 0 heterocycles. The van der Waals surface area contributed by atoms with Gasteiger partial charge in [-0.25, -0.2) is 0 Å². The maximum atomic E-state index is 2.75. The molecule has 1 heteroatoms. The molecule has 0 saturated carbocycles. The molecule has 0 aliphatic carbocycles. The van der Waals surface area contributed by atoms with E-state index in [4.69, 9.17) is 0 Å². The summed E-state index contributed by atoms with van der Waals surface area (Å²) in [5.74, 6) is 0. The van der Waals surface area contributed by atoms with E-state index in [-0.39, 0.29) is 0 Å². The maximum absolute atomic E-state index is 2.75. The zero-order valence-corrected chi connectivity index (χ0v) is 8.73. The number of benzene rings is 1. The molecular weight excluding hydrogens is 146 g/mol. The van der Waals surface area contributed by atoms with Crippen molar-refractivity contribution >= 4 is 0 Å². The zero-order chi connectivity index (χ0) is 9.56. The Balaban J connectivity index is 0.000000354. The number of rotatable bonds is 0. The minimum Gasteiger partial charge on any atom is -0.323 e. The molecule has 0 amide bonds. The van der Waals surface area contributed by atoms with Crippen LogP contribution in [0.15, 0.2) is 18.2 Å². The lowest BCUT2D eigenvalue weighted by Crippen LogP contribution is -1.89. The Morgan fingerprint density at radius 1 is 0.750 bits per heavy atom. The molecule has 0 spiro atoms. The molecule has 0 saturated heterocycles. The Morgan fingerprint density at radius 2 is 0.917 bits per heavy atom. The van der Waals surface area contributed by atoms with E-state index >= 15 is 0 Å². The first-order valence-corrected chi connectivity index (χ1v) is 4.23. The van der Waals surface area contributed by atoms with E-state index in [9.17, 15) is 0 Å². The summed E-state index contributed by atoms with van der Waals surface area (Å²) in [6, 6.07) is 6.56. The third-order valence-electron chi connectivity index (χ3n) is 1.37. The molecule has 0 unspecified atom stereocenters. The summed E-state index contributed by atoms with van der Waals surface area (Å²) in [5, 5.41) is 2.75. The minimum absolute atomic E-state index is 1.35. The predicted octanol–water partition coefficient (Wildman–Crippen LogP) is 2.45. The van der Waals surface area contributed by atoms with Crippen LogP contribution in [0, 0.1) is 20.8 Å². The lowest BCUT2D eigenvalue weighted by Gasteiger charge is -1.96. The summed E-state index contributed by atoms with van der Waals surface area (Å²) in [6.07, 6.45) is 0. The van der Waals surface area contributed by atoms with E-state index < -0.39 is 0 Å². The highest BCUT2D eigenvalue weighted by atomic mass is 14.7. The Hall–Kier alpha value is -0.820. The molecular formula is C11H19N. The van der Waals surface area contributed by atoms with Gasteiger partial charge in [-0.2, -0.15) is 0 Å².